The van der Waals surface area contributed by atoms with Crippen LogP contribution in [0.4, 0.5) is 4.53 Å². The first-order valence-corrected chi connectivity index (χ1v) is 7.88. The van der Waals surface area contributed by atoms with Crippen molar-refractivity contribution in [3.8, 4) is 0 Å². The van der Waals surface area contributed by atoms with Crippen LogP contribution in [0.3, 0.4) is 0 Å². The van der Waals surface area contributed by atoms with Gasteiger partial charge in [0.25, 0.3) is 0 Å². The Balaban J connectivity index is 0. The standard InChI is InChI=1S/C6H14FO4P.ClH2O4P/c1-5(2)9-12(8,11-7)10-6(3)4;1-5-6(2,3)4/h5-6H,1-4H3;(H2,2,3,4). The summed E-state index contributed by atoms with van der Waals surface area (Å²) in [5.41, 5.74) is 0. The van der Waals surface area contributed by atoms with Crippen LogP contribution in [0, 0.1) is 0 Å². The second-order valence-corrected chi connectivity index (χ2v) is 6.37. The molecular formula is C6H16ClFO8P2. The van der Waals surface area contributed by atoms with Gasteiger partial charge in [-0.1, -0.05) is 4.73 Å². The van der Waals surface area contributed by atoms with E-state index >= 15 is 0 Å². The van der Waals surface area contributed by atoms with E-state index in [9.17, 15) is 13.7 Å². The van der Waals surface area contributed by atoms with E-state index in [4.69, 9.17) is 9.79 Å². The lowest BCUT2D eigenvalue weighted by Crippen LogP contribution is -2.07. The monoisotopic (exact) mass is 332 g/mol. The van der Waals surface area contributed by atoms with Gasteiger partial charge in [0.05, 0.1) is 24.1 Å². The van der Waals surface area contributed by atoms with Gasteiger partial charge in [0.1, 0.15) is 0 Å². The molecule has 0 aliphatic rings. The molecule has 8 nitrogen and oxygen atoms in total. The third-order valence-electron chi connectivity index (χ3n) is 0.854. The van der Waals surface area contributed by atoms with E-state index in [-0.39, 0.29) is 0 Å². The molecule has 0 saturated heterocycles. The molecule has 0 aliphatic carbocycles. The minimum atomic E-state index is -4.38. The Kier molecular flexibility index (Phi) is 10.8. The van der Waals surface area contributed by atoms with E-state index in [1.54, 1.807) is 27.7 Å². The van der Waals surface area contributed by atoms with Crippen molar-refractivity contribution in [2.45, 2.75) is 39.9 Å². The van der Waals surface area contributed by atoms with Crippen LogP contribution < -0.4 is 0 Å². The van der Waals surface area contributed by atoms with Gasteiger partial charge in [-0.05, 0) is 32.2 Å². The summed E-state index contributed by atoms with van der Waals surface area (Å²) in [6.07, 6.45) is -0.823. The molecule has 0 aromatic rings. The van der Waals surface area contributed by atoms with E-state index < -0.39 is 27.9 Å². The molecule has 0 aromatic carbocycles. The highest BCUT2D eigenvalue weighted by molar-refractivity contribution is 7.48. The first-order chi connectivity index (χ1) is 7.95. The number of halogens is 2. The van der Waals surface area contributed by atoms with Crippen LogP contribution in [0.2, 0.25) is 0 Å². The fraction of sp³-hybridized carbons (Fsp3) is 1.00. The molecule has 0 radical (unpaired) electrons. The molecule has 0 unspecified atom stereocenters. The van der Waals surface area contributed by atoms with Crippen molar-refractivity contribution in [3.05, 3.63) is 0 Å². The predicted molar refractivity (Wildman–Crippen MR) is 61.2 cm³/mol. The zero-order valence-electron chi connectivity index (χ0n) is 10.1. The molecule has 0 fully saturated rings. The summed E-state index contributed by atoms with van der Waals surface area (Å²) in [6, 6.07) is 0. The fourth-order valence-electron chi connectivity index (χ4n) is 0.574. The Morgan fingerprint density at radius 3 is 1.44 bits per heavy atom. The van der Waals surface area contributed by atoms with E-state index in [1.165, 1.54) is 0 Å². The zero-order chi connectivity index (χ0) is 15.0. The van der Waals surface area contributed by atoms with Crippen LogP contribution in [0.5, 0.6) is 0 Å². The average molecular weight is 333 g/mol. The minimum absolute atomic E-state index is 0.412. The summed E-state index contributed by atoms with van der Waals surface area (Å²) in [5.74, 6) is 0. The van der Waals surface area contributed by atoms with Crippen LogP contribution in [-0.2, 0) is 27.0 Å². The van der Waals surface area contributed by atoms with Crippen LogP contribution in [0.25, 0.3) is 0 Å². The molecule has 0 saturated carbocycles. The van der Waals surface area contributed by atoms with Gasteiger partial charge in [-0.15, -0.1) is 0 Å². The Hall–Kier alpha value is 0.440. The summed E-state index contributed by atoms with van der Waals surface area (Å²) >= 11 is 4.21. The van der Waals surface area contributed by atoms with Gasteiger partial charge in [0.15, 0.2) is 0 Å². The molecule has 0 spiro atoms. The van der Waals surface area contributed by atoms with Crippen molar-refractivity contribution in [1.82, 2.24) is 0 Å². The van der Waals surface area contributed by atoms with Gasteiger partial charge in [-0.25, -0.2) is 9.13 Å². The van der Waals surface area contributed by atoms with Crippen molar-refractivity contribution in [1.29, 1.82) is 0 Å². The molecule has 2 N–H and O–H groups in total. The van der Waals surface area contributed by atoms with Crippen molar-refractivity contribution in [3.63, 3.8) is 0 Å². The highest BCUT2D eigenvalue weighted by Gasteiger charge is 2.30. The smallest absolute Gasteiger partial charge is 0.302 e. The van der Waals surface area contributed by atoms with Gasteiger partial charge in [0.2, 0.25) is 0 Å². The molecule has 0 heterocycles. The van der Waals surface area contributed by atoms with Crippen LogP contribution in [0.15, 0.2) is 0 Å². The summed E-state index contributed by atoms with van der Waals surface area (Å²) < 4.78 is 47.8. The van der Waals surface area contributed by atoms with Crippen LogP contribution in [0.1, 0.15) is 27.7 Å². The third-order valence-corrected chi connectivity index (χ3v) is 3.10. The molecule has 0 amide bonds. The Morgan fingerprint density at radius 2 is 1.33 bits per heavy atom. The lowest BCUT2D eigenvalue weighted by atomic mass is 10.5. The highest BCUT2D eigenvalue weighted by Crippen LogP contribution is 2.51. The van der Waals surface area contributed by atoms with Crippen molar-refractivity contribution < 1.29 is 41.3 Å². The second kappa shape index (κ2) is 9.36. The third kappa shape index (κ3) is 14.5. The normalized spacial score (nSPS) is 12.6. The maximum Gasteiger partial charge on any atom is 0.506 e. The van der Waals surface area contributed by atoms with Crippen LogP contribution >= 0.6 is 27.5 Å². The quantitative estimate of drug-likeness (QED) is 0.714. The van der Waals surface area contributed by atoms with Gasteiger partial charge < -0.3 is 9.79 Å². The first kappa shape index (κ1) is 20.8. The Morgan fingerprint density at radius 1 is 1.06 bits per heavy atom. The number of phosphoric ester groups is 1. The predicted octanol–water partition coefficient (Wildman–Crippen LogP) is 3.10. The largest absolute Gasteiger partial charge is 0.506 e. The number of rotatable bonds is 6. The summed E-state index contributed by atoms with van der Waals surface area (Å²) in [6.45, 7) is 6.43. The van der Waals surface area contributed by atoms with Gasteiger partial charge in [0, 0.05) is 0 Å². The molecule has 0 rings (SSSR count). The van der Waals surface area contributed by atoms with Crippen molar-refractivity contribution in [2.24, 2.45) is 0 Å². The molecule has 0 atom stereocenters. The number of phosphoric acid groups is 2. The molecule has 18 heavy (non-hydrogen) atoms. The maximum absolute atomic E-state index is 11.7. The summed E-state index contributed by atoms with van der Waals surface area (Å²) in [7, 11) is -8.36. The lowest BCUT2D eigenvalue weighted by Gasteiger charge is -2.17. The molecule has 0 bridgehead atoms. The zero-order valence-corrected chi connectivity index (χ0v) is 12.7. The SMILES string of the molecule is CC(C)OP(=O)(OF)OC(C)C.O=P(O)(O)OCl. The van der Waals surface area contributed by atoms with Gasteiger partial charge >= 0.3 is 15.6 Å². The number of hydrogen-bond acceptors (Lipinski definition) is 6. The first-order valence-electron chi connectivity index (χ1n) is 4.58. The van der Waals surface area contributed by atoms with E-state index in [0.717, 1.165) is 0 Å². The van der Waals surface area contributed by atoms with Crippen LogP contribution in [-0.4, -0.2) is 22.0 Å². The molecule has 12 heteroatoms. The van der Waals surface area contributed by atoms with E-state index in [1.807, 2.05) is 0 Å². The molecule has 112 valence electrons. The lowest BCUT2D eigenvalue weighted by molar-refractivity contribution is -0.0678. The summed E-state index contributed by atoms with van der Waals surface area (Å²) in [4.78, 5) is 15.2. The van der Waals surface area contributed by atoms with Crippen molar-refractivity contribution >= 4 is 27.5 Å². The topological polar surface area (TPSA) is 112 Å². The van der Waals surface area contributed by atoms with Crippen molar-refractivity contribution in [2.75, 3.05) is 0 Å². The Labute approximate surface area is 109 Å². The second-order valence-electron chi connectivity index (χ2n) is 3.38. The number of hydrogen-bond donors (Lipinski definition) is 2. The summed E-state index contributed by atoms with van der Waals surface area (Å²) in [5, 5.41) is 0. The minimum Gasteiger partial charge on any atom is -0.302 e. The van der Waals surface area contributed by atoms with Gasteiger partial charge in [-0.3, -0.25) is 9.05 Å². The Bertz CT molecular complexity index is 292. The fourth-order valence-corrected chi connectivity index (χ4v) is 1.72. The van der Waals surface area contributed by atoms with E-state index in [2.05, 4.69) is 29.7 Å². The maximum atomic E-state index is 11.7. The molecular weight excluding hydrogens is 316 g/mol. The van der Waals surface area contributed by atoms with E-state index in [0.29, 0.717) is 0 Å². The molecule has 0 aliphatic heterocycles. The molecule has 0 aromatic heterocycles. The average Bonchev–Trinajstić information content (AvgIpc) is 2.15. The van der Waals surface area contributed by atoms with Gasteiger partial charge in [-0.2, -0.15) is 4.08 Å². The highest BCUT2D eigenvalue weighted by atomic mass is 35.5.